The highest BCUT2D eigenvalue weighted by Gasteiger charge is 2.30. The Kier molecular flexibility index (Phi) is 4.61. The number of nitrogens with one attached hydrogen (secondary N) is 1. The predicted molar refractivity (Wildman–Crippen MR) is 85.5 cm³/mol. The van der Waals surface area contributed by atoms with Crippen molar-refractivity contribution in [3.05, 3.63) is 35.4 Å². The zero-order valence-corrected chi connectivity index (χ0v) is 13.1. The minimum Gasteiger partial charge on any atom is -0.356 e. The zero-order valence-electron chi connectivity index (χ0n) is 13.1. The van der Waals surface area contributed by atoms with Gasteiger partial charge >= 0.3 is 0 Å². The van der Waals surface area contributed by atoms with Gasteiger partial charge in [0.25, 0.3) is 5.91 Å². The van der Waals surface area contributed by atoms with Crippen molar-refractivity contribution in [1.82, 2.24) is 10.2 Å². The van der Waals surface area contributed by atoms with Crippen molar-refractivity contribution in [2.75, 3.05) is 19.6 Å². The summed E-state index contributed by atoms with van der Waals surface area (Å²) in [6.07, 6.45) is 4.12. The maximum absolute atomic E-state index is 12.6. The SMILES string of the molecule is N#Cc1ccc(C(=O)N2CCC[C@@H](C(=O)NCC3CC3)C2)cc1. The second-order valence-corrected chi connectivity index (χ2v) is 6.47. The first-order chi connectivity index (χ1) is 11.2. The van der Waals surface area contributed by atoms with Gasteiger partial charge in [-0.2, -0.15) is 5.26 Å². The number of likely N-dealkylation sites (tertiary alicyclic amines) is 1. The molecule has 1 aromatic rings. The summed E-state index contributed by atoms with van der Waals surface area (Å²) in [7, 11) is 0. The highest BCUT2D eigenvalue weighted by molar-refractivity contribution is 5.94. The molecule has 1 saturated heterocycles. The lowest BCUT2D eigenvalue weighted by atomic mass is 9.96. The lowest BCUT2D eigenvalue weighted by molar-refractivity contribution is -0.126. The van der Waals surface area contributed by atoms with Gasteiger partial charge in [0, 0.05) is 25.2 Å². The average Bonchev–Trinajstić information content (AvgIpc) is 3.43. The number of rotatable bonds is 4. The summed E-state index contributed by atoms with van der Waals surface area (Å²) in [6, 6.07) is 8.70. The number of carbonyl (C=O) groups is 2. The minimum absolute atomic E-state index is 0.0609. The van der Waals surface area contributed by atoms with Crippen molar-refractivity contribution in [3.8, 4) is 6.07 Å². The van der Waals surface area contributed by atoms with Crippen LogP contribution in [0.1, 0.15) is 41.6 Å². The largest absolute Gasteiger partial charge is 0.356 e. The van der Waals surface area contributed by atoms with Gasteiger partial charge in [-0.1, -0.05) is 0 Å². The number of hydrogen-bond acceptors (Lipinski definition) is 3. The third-order valence-corrected chi connectivity index (χ3v) is 4.60. The van der Waals surface area contributed by atoms with Crippen molar-refractivity contribution in [1.29, 1.82) is 5.26 Å². The van der Waals surface area contributed by atoms with Gasteiger partial charge in [-0.25, -0.2) is 0 Å². The standard InChI is InChI=1S/C18H21N3O2/c19-10-13-5-7-15(8-6-13)18(23)21-9-1-2-16(12-21)17(22)20-11-14-3-4-14/h5-8,14,16H,1-4,9,11-12H2,(H,20,22)/t16-/m1/s1. The number of benzene rings is 1. The van der Waals surface area contributed by atoms with E-state index < -0.39 is 0 Å². The van der Waals surface area contributed by atoms with Crippen LogP contribution < -0.4 is 5.32 Å². The second kappa shape index (κ2) is 6.82. The van der Waals surface area contributed by atoms with E-state index in [2.05, 4.69) is 5.32 Å². The first-order valence-corrected chi connectivity index (χ1v) is 8.24. The Morgan fingerprint density at radius 3 is 2.61 bits per heavy atom. The molecule has 2 aliphatic rings. The molecular weight excluding hydrogens is 290 g/mol. The molecule has 1 heterocycles. The van der Waals surface area contributed by atoms with Crippen LogP contribution in [-0.4, -0.2) is 36.3 Å². The molecule has 0 spiro atoms. The van der Waals surface area contributed by atoms with Gasteiger partial charge in [0.1, 0.15) is 0 Å². The van der Waals surface area contributed by atoms with Gasteiger partial charge in [0.15, 0.2) is 0 Å². The third kappa shape index (κ3) is 3.89. The van der Waals surface area contributed by atoms with E-state index in [1.54, 1.807) is 29.2 Å². The summed E-state index contributed by atoms with van der Waals surface area (Å²) in [4.78, 5) is 26.5. The van der Waals surface area contributed by atoms with Crippen molar-refractivity contribution in [2.24, 2.45) is 11.8 Å². The molecule has 2 amide bonds. The molecule has 3 rings (SSSR count). The number of hydrogen-bond donors (Lipinski definition) is 1. The molecule has 0 bridgehead atoms. The van der Waals surface area contributed by atoms with E-state index in [4.69, 9.17) is 5.26 Å². The molecule has 1 atom stereocenters. The summed E-state index contributed by atoms with van der Waals surface area (Å²) in [5, 5.41) is 11.8. The summed E-state index contributed by atoms with van der Waals surface area (Å²) in [5.41, 5.74) is 1.11. The Labute approximate surface area is 136 Å². The molecule has 1 aliphatic carbocycles. The lowest BCUT2D eigenvalue weighted by Crippen LogP contribution is -2.45. The Hall–Kier alpha value is -2.35. The van der Waals surface area contributed by atoms with Crippen molar-refractivity contribution < 1.29 is 9.59 Å². The van der Waals surface area contributed by atoms with Crippen molar-refractivity contribution in [3.63, 3.8) is 0 Å². The molecule has 1 aromatic carbocycles. The summed E-state index contributed by atoms with van der Waals surface area (Å²) in [6.45, 7) is 1.94. The van der Waals surface area contributed by atoms with Crippen LogP contribution >= 0.6 is 0 Å². The smallest absolute Gasteiger partial charge is 0.253 e. The van der Waals surface area contributed by atoms with Crippen LogP contribution in [0.25, 0.3) is 0 Å². The highest BCUT2D eigenvalue weighted by atomic mass is 16.2. The zero-order chi connectivity index (χ0) is 16.2. The molecule has 5 heteroatoms. The first-order valence-electron chi connectivity index (χ1n) is 8.24. The lowest BCUT2D eigenvalue weighted by Gasteiger charge is -2.32. The predicted octanol–water partition coefficient (Wildman–Crippen LogP) is 1.94. The molecule has 2 fully saturated rings. The first kappa shape index (κ1) is 15.5. The average molecular weight is 311 g/mol. The molecule has 1 saturated carbocycles. The number of amides is 2. The summed E-state index contributed by atoms with van der Waals surface area (Å²) in [5.74, 6) is 0.576. The number of nitrogens with zero attached hydrogens (tertiary/aromatic N) is 2. The minimum atomic E-state index is -0.107. The molecule has 23 heavy (non-hydrogen) atoms. The molecule has 0 radical (unpaired) electrons. The molecule has 0 unspecified atom stereocenters. The van der Waals surface area contributed by atoms with Crippen molar-refractivity contribution >= 4 is 11.8 Å². The molecular formula is C18H21N3O2. The van der Waals surface area contributed by atoms with Crippen LogP contribution in [0.15, 0.2) is 24.3 Å². The summed E-state index contributed by atoms with van der Waals surface area (Å²) < 4.78 is 0. The number of piperidine rings is 1. The van der Waals surface area contributed by atoms with E-state index in [1.807, 2.05) is 6.07 Å². The van der Waals surface area contributed by atoms with Crippen LogP contribution in [-0.2, 0) is 4.79 Å². The quantitative estimate of drug-likeness (QED) is 0.923. The van der Waals surface area contributed by atoms with Crippen molar-refractivity contribution in [2.45, 2.75) is 25.7 Å². The van der Waals surface area contributed by atoms with Crippen LogP contribution in [0.3, 0.4) is 0 Å². The van der Waals surface area contributed by atoms with E-state index in [1.165, 1.54) is 12.8 Å². The van der Waals surface area contributed by atoms with Crippen LogP contribution in [0, 0.1) is 23.2 Å². The Balaban J connectivity index is 1.59. The molecule has 1 N–H and O–H groups in total. The maximum Gasteiger partial charge on any atom is 0.253 e. The van der Waals surface area contributed by atoms with Gasteiger partial charge in [-0.15, -0.1) is 0 Å². The van der Waals surface area contributed by atoms with Gasteiger partial charge in [-0.05, 0) is 55.9 Å². The van der Waals surface area contributed by atoms with E-state index in [0.717, 1.165) is 19.4 Å². The van der Waals surface area contributed by atoms with E-state index in [-0.39, 0.29) is 17.7 Å². The van der Waals surface area contributed by atoms with E-state index in [0.29, 0.717) is 30.1 Å². The number of nitriles is 1. The maximum atomic E-state index is 12.6. The fraction of sp³-hybridized carbons (Fsp3) is 0.500. The van der Waals surface area contributed by atoms with Crippen LogP contribution in [0.4, 0.5) is 0 Å². The normalized spacial score (nSPS) is 20.7. The fourth-order valence-corrected chi connectivity index (χ4v) is 2.96. The molecule has 0 aromatic heterocycles. The second-order valence-electron chi connectivity index (χ2n) is 6.47. The van der Waals surface area contributed by atoms with Gasteiger partial charge in [-0.3, -0.25) is 9.59 Å². The van der Waals surface area contributed by atoms with Crippen LogP contribution in [0.2, 0.25) is 0 Å². The summed E-state index contributed by atoms with van der Waals surface area (Å²) >= 11 is 0. The molecule has 1 aliphatic heterocycles. The molecule has 120 valence electrons. The topological polar surface area (TPSA) is 73.2 Å². The third-order valence-electron chi connectivity index (χ3n) is 4.60. The Morgan fingerprint density at radius 2 is 1.96 bits per heavy atom. The van der Waals surface area contributed by atoms with Gasteiger partial charge < -0.3 is 10.2 Å². The van der Waals surface area contributed by atoms with E-state index in [9.17, 15) is 9.59 Å². The van der Waals surface area contributed by atoms with Gasteiger partial charge in [0.2, 0.25) is 5.91 Å². The highest BCUT2D eigenvalue weighted by Crippen LogP contribution is 2.28. The van der Waals surface area contributed by atoms with E-state index >= 15 is 0 Å². The molecule has 5 nitrogen and oxygen atoms in total. The Bertz CT molecular complexity index is 629. The Morgan fingerprint density at radius 1 is 1.22 bits per heavy atom. The van der Waals surface area contributed by atoms with Gasteiger partial charge in [0.05, 0.1) is 17.6 Å². The van der Waals surface area contributed by atoms with Crippen LogP contribution in [0.5, 0.6) is 0 Å². The number of carbonyl (C=O) groups excluding carboxylic acids is 2. The monoisotopic (exact) mass is 311 g/mol. The fourth-order valence-electron chi connectivity index (χ4n) is 2.96.